The average molecular weight is 208 g/mol. The maximum Gasteiger partial charge on any atom is 0.120 e. The van der Waals surface area contributed by atoms with Crippen molar-refractivity contribution < 1.29 is 14.6 Å². The molecular formula is C12H16O3. The van der Waals surface area contributed by atoms with Crippen molar-refractivity contribution in [3.8, 4) is 0 Å². The summed E-state index contributed by atoms with van der Waals surface area (Å²) in [6.07, 6.45) is 1.12. The topological polar surface area (TPSA) is 46.5 Å². The molecule has 0 aliphatic heterocycles. The van der Waals surface area contributed by atoms with Crippen LogP contribution in [0.2, 0.25) is 0 Å². The maximum atomic E-state index is 10.1. The van der Waals surface area contributed by atoms with E-state index < -0.39 is 6.10 Å². The van der Waals surface area contributed by atoms with Crippen molar-refractivity contribution in [2.24, 2.45) is 0 Å². The third kappa shape index (κ3) is 5.30. The lowest BCUT2D eigenvalue weighted by Crippen LogP contribution is -2.15. The SMILES string of the molecule is O=CCCC(O)COCc1ccccc1. The molecule has 0 fully saturated rings. The monoisotopic (exact) mass is 208 g/mol. The fourth-order valence-electron chi connectivity index (χ4n) is 1.23. The fraction of sp³-hybridized carbons (Fsp3) is 0.417. The Morgan fingerprint density at radius 3 is 2.73 bits per heavy atom. The van der Waals surface area contributed by atoms with Gasteiger partial charge in [-0.15, -0.1) is 0 Å². The number of benzene rings is 1. The van der Waals surface area contributed by atoms with Crippen LogP contribution in [0.15, 0.2) is 30.3 Å². The number of hydrogen-bond acceptors (Lipinski definition) is 3. The zero-order chi connectivity index (χ0) is 10.9. The van der Waals surface area contributed by atoms with Crippen molar-refractivity contribution in [1.29, 1.82) is 0 Å². The van der Waals surface area contributed by atoms with Gasteiger partial charge in [0, 0.05) is 6.42 Å². The quantitative estimate of drug-likeness (QED) is 0.691. The molecule has 82 valence electrons. The molecule has 0 bridgehead atoms. The predicted octanol–water partition coefficient (Wildman–Crippen LogP) is 1.54. The van der Waals surface area contributed by atoms with Gasteiger partial charge >= 0.3 is 0 Å². The lowest BCUT2D eigenvalue weighted by atomic mass is 10.2. The highest BCUT2D eigenvalue weighted by atomic mass is 16.5. The first-order chi connectivity index (χ1) is 7.33. The van der Waals surface area contributed by atoms with Crippen LogP contribution in [0.1, 0.15) is 18.4 Å². The maximum absolute atomic E-state index is 10.1. The van der Waals surface area contributed by atoms with Gasteiger partial charge < -0.3 is 14.6 Å². The number of carbonyl (C=O) groups is 1. The molecule has 0 saturated heterocycles. The van der Waals surface area contributed by atoms with Crippen molar-refractivity contribution in [2.45, 2.75) is 25.6 Å². The lowest BCUT2D eigenvalue weighted by Gasteiger charge is -2.09. The molecule has 0 amide bonds. The molecule has 0 saturated carbocycles. The van der Waals surface area contributed by atoms with Crippen LogP contribution in [0.3, 0.4) is 0 Å². The Morgan fingerprint density at radius 2 is 2.07 bits per heavy atom. The first-order valence-electron chi connectivity index (χ1n) is 5.06. The number of ether oxygens (including phenoxy) is 1. The summed E-state index contributed by atoms with van der Waals surface area (Å²) in [7, 11) is 0. The van der Waals surface area contributed by atoms with Crippen LogP contribution in [0, 0.1) is 0 Å². The van der Waals surface area contributed by atoms with E-state index in [0.717, 1.165) is 11.8 Å². The highest BCUT2D eigenvalue weighted by molar-refractivity contribution is 5.49. The zero-order valence-corrected chi connectivity index (χ0v) is 8.63. The summed E-state index contributed by atoms with van der Waals surface area (Å²) in [4.78, 5) is 10.1. The molecule has 0 aromatic heterocycles. The molecule has 3 nitrogen and oxygen atoms in total. The molecule has 15 heavy (non-hydrogen) atoms. The van der Waals surface area contributed by atoms with Gasteiger partial charge in [-0.05, 0) is 12.0 Å². The van der Waals surface area contributed by atoms with Gasteiger partial charge in [-0.3, -0.25) is 0 Å². The lowest BCUT2D eigenvalue weighted by molar-refractivity contribution is -0.108. The van der Waals surface area contributed by atoms with Gasteiger partial charge in [0.15, 0.2) is 0 Å². The first kappa shape index (κ1) is 11.9. The first-order valence-corrected chi connectivity index (χ1v) is 5.06. The fourth-order valence-corrected chi connectivity index (χ4v) is 1.23. The van der Waals surface area contributed by atoms with Crippen LogP contribution in [-0.2, 0) is 16.1 Å². The van der Waals surface area contributed by atoms with Gasteiger partial charge in [-0.25, -0.2) is 0 Å². The molecule has 1 N–H and O–H groups in total. The van der Waals surface area contributed by atoms with Crippen LogP contribution in [-0.4, -0.2) is 24.1 Å². The van der Waals surface area contributed by atoms with E-state index in [2.05, 4.69) is 0 Å². The summed E-state index contributed by atoms with van der Waals surface area (Å²) in [6.45, 7) is 0.779. The largest absolute Gasteiger partial charge is 0.391 e. The van der Waals surface area contributed by atoms with E-state index >= 15 is 0 Å². The normalized spacial score (nSPS) is 12.3. The van der Waals surface area contributed by atoms with Crippen molar-refractivity contribution >= 4 is 6.29 Å². The summed E-state index contributed by atoms with van der Waals surface area (Å²) in [6, 6.07) is 9.78. The molecule has 1 atom stereocenters. The van der Waals surface area contributed by atoms with Gasteiger partial charge in [-0.2, -0.15) is 0 Å². The molecule has 0 aliphatic rings. The molecule has 0 radical (unpaired) electrons. The zero-order valence-electron chi connectivity index (χ0n) is 8.63. The Kier molecular flexibility index (Phi) is 5.66. The van der Waals surface area contributed by atoms with E-state index in [-0.39, 0.29) is 6.61 Å². The highest BCUT2D eigenvalue weighted by Crippen LogP contribution is 2.02. The standard InChI is InChI=1S/C12H16O3/c13-8-4-7-12(14)10-15-9-11-5-2-1-3-6-11/h1-3,5-6,8,12,14H,4,7,9-10H2. The summed E-state index contributed by atoms with van der Waals surface area (Å²) < 4.78 is 5.31. The van der Waals surface area contributed by atoms with E-state index in [1.165, 1.54) is 0 Å². The van der Waals surface area contributed by atoms with Crippen LogP contribution in [0.4, 0.5) is 0 Å². The Labute approximate surface area is 89.7 Å². The Bertz CT molecular complexity index is 271. The second-order valence-electron chi connectivity index (χ2n) is 3.40. The molecule has 1 rings (SSSR count). The van der Waals surface area contributed by atoms with Crippen LogP contribution < -0.4 is 0 Å². The summed E-state index contributed by atoms with van der Waals surface area (Å²) in [5.74, 6) is 0. The van der Waals surface area contributed by atoms with Crippen molar-refractivity contribution in [3.05, 3.63) is 35.9 Å². The molecule has 0 heterocycles. The Hall–Kier alpha value is -1.19. The second kappa shape index (κ2) is 7.15. The minimum Gasteiger partial charge on any atom is -0.391 e. The average Bonchev–Trinajstić information content (AvgIpc) is 2.28. The van der Waals surface area contributed by atoms with Crippen molar-refractivity contribution in [1.82, 2.24) is 0 Å². The van der Waals surface area contributed by atoms with E-state index in [4.69, 9.17) is 4.74 Å². The van der Waals surface area contributed by atoms with Gasteiger partial charge in [0.2, 0.25) is 0 Å². The van der Waals surface area contributed by atoms with Gasteiger partial charge in [0.05, 0.1) is 19.3 Å². The van der Waals surface area contributed by atoms with E-state index in [1.54, 1.807) is 0 Å². The summed E-state index contributed by atoms with van der Waals surface area (Å²) in [5.41, 5.74) is 1.08. The molecule has 0 aliphatic carbocycles. The molecule has 0 spiro atoms. The van der Waals surface area contributed by atoms with E-state index in [1.807, 2.05) is 30.3 Å². The molecular weight excluding hydrogens is 192 g/mol. The molecule has 1 aromatic carbocycles. The number of rotatable bonds is 7. The Balaban J connectivity index is 2.13. The summed E-state index contributed by atoms with van der Waals surface area (Å²) in [5, 5.41) is 9.37. The number of aliphatic hydroxyl groups excluding tert-OH is 1. The van der Waals surface area contributed by atoms with Crippen molar-refractivity contribution in [3.63, 3.8) is 0 Å². The number of aliphatic hydroxyl groups is 1. The van der Waals surface area contributed by atoms with Gasteiger partial charge in [0.1, 0.15) is 6.29 Å². The van der Waals surface area contributed by atoms with Gasteiger partial charge in [-0.1, -0.05) is 30.3 Å². The van der Waals surface area contributed by atoms with E-state index in [0.29, 0.717) is 19.4 Å². The molecule has 3 heteroatoms. The number of hydrogen-bond donors (Lipinski definition) is 1. The Morgan fingerprint density at radius 1 is 1.33 bits per heavy atom. The highest BCUT2D eigenvalue weighted by Gasteiger charge is 2.03. The molecule has 1 aromatic rings. The smallest absolute Gasteiger partial charge is 0.120 e. The number of aldehydes is 1. The second-order valence-corrected chi connectivity index (χ2v) is 3.40. The van der Waals surface area contributed by atoms with Crippen molar-refractivity contribution in [2.75, 3.05) is 6.61 Å². The minimum atomic E-state index is -0.543. The van der Waals surface area contributed by atoms with Crippen LogP contribution >= 0.6 is 0 Å². The third-order valence-electron chi connectivity index (χ3n) is 2.04. The van der Waals surface area contributed by atoms with E-state index in [9.17, 15) is 9.90 Å². The predicted molar refractivity (Wildman–Crippen MR) is 57.4 cm³/mol. The van der Waals surface area contributed by atoms with Crippen LogP contribution in [0.5, 0.6) is 0 Å². The van der Waals surface area contributed by atoms with Gasteiger partial charge in [0.25, 0.3) is 0 Å². The third-order valence-corrected chi connectivity index (χ3v) is 2.04. The minimum absolute atomic E-state index is 0.280. The van der Waals surface area contributed by atoms with Crippen LogP contribution in [0.25, 0.3) is 0 Å². The summed E-state index contributed by atoms with van der Waals surface area (Å²) >= 11 is 0. The number of carbonyl (C=O) groups excluding carboxylic acids is 1. The molecule has 1 unspecified atom stereocenters.